The van der Waals surface area contributed by atoms with E-state index in [4.69, 9.17) is 10.2 Å². The highest BCUT2D eigenvalue weighted by atomic mass is 16.4. The molecule has 0 fully saturated rings. The van der Waals surface area contributed by atoms with Gasteiger partial charge in [0.05, 0.1) is 0 Å². The van der Waals surface area contributed by atoms with Crippen molar-refractivity contribution >= 4 is 5.97 Å². The second-order valence-corrected chi connectivity index (χ2v) is 2.28. The van der Waals surface area contributed by atoms with Crippen molar-refractivity contribution in [2.24, 2.45) is 5.92 Å². The largest absolute Gasteiger partial charge is 0.479 e. The minimum Gasteiger partial charge on any atom is -0.479 e. The minimum absolute atomic E-state index is 0.255. The normalized spacial score (nSPS) is 15.8. The second kappa shape index (κ2) is 4.06. The highest BCUT2D eigenvalue weighted by Crippen LogP contribution is 2.07. The Morgan fingerprint density at radius 3 is 2.60 bits per heavy atom. The summed E-state index contributed by atoms with van der Waals surface area (Å²) < 4.78 is 0. The molecule has 0 aliphatic carbocycles. The Morgan fingerprint density at radius 2 is 2.30 bits per heavy atom. The maximum atomic E-state index is 10.1. The number of rotatable bonds is 4. The maximum Gasteiger partial charge on any atom is 0.332 e. The topological polar surface area (TPSA) is 57.5 Å². The SMILES string of the molecule is C=CCC(C)C(O)C(=O)O. The van der Waals surface area contributed by atoms with E-state index >= 15 is 0 Å². The zero-order chi connectivity index (χ0) is 8.15. The third-order valence-electron chi connectivity index (χ3n) is 1.33. The van der Waals surface area contributed by atoms with Crippen molar-refractivity contribution in [1.82, 2.24) is 0 Å². The van der Waals surface area contributed by atoms with Gasteiger partial charge < -0.3 is 10.2 Å². The first-order chi connectivity index (χ1) is 4.59. The zero-order valence-corrected chi connectivity index (χ0v) is 5.95. The second-order valence-electron chi connectivity index (χ2n) is 2.28. The molecule has 0 aliphatic rings. The average Bonchev–Trinajstić information content (AvgIpc) is 1.87. The predicted molar refractivity (Wildman–Crippen MR) is 37.6 cm³/mol. The number of aliphatic hydroxyl groups is 1. The molecule has 0 heterocycles. The molecule has 0 amide bonds. The number of allylic oxidation sites excluding steroid dienone is 1. The Balaban J connectivity index is 3.80. The first-order valence-corrected chi connectivity index (χ1v) is 3.11. The predicted octanol–water partition coefficient (Wildman–Crippen LogP) is 0.644. The van der Waals surface area contributed by atoms with Crippen molar-refractivity contribution in [3.05, 3.63) is 12.7 Å². The number of carboxylic acids is 1. The van der Waals surface area contributed by atoms with Crippen molar-refractivity contribution < 1.29 is 15.0 Å². The van der Waals surface area contributed by atoms with E-state index < -0.39 is 12.1 Å². The summed E-state index contributed by atoms with van der Waals surface area (Å²) in [6.07, 6.45) is 0.850. The summed E-state index contributed by atoms with van der Waals surface area (Å²) in [5.74, 6) is -1.43. The Labute approximate surface area is 60.0 Å². The van der Waals surface area contributed by atoms with Crippen LogP contribution in [0.25, 0.3) is 0 Å². The molecule has 2 N–H and O–H groups in total. The molecule has 58 valence electrons. The number of carboxylic acid groups (broad SMARTS) is 1. The van der Waals surface area contributed by atoms with Crippen LogP contribution in [0.2, 0.25) is 0 Å². The van der Waals surface area contributed by atoms with Crippen molar-refractivity contribution in [2.75, 3.05) is 0 Å². The lowest BCUT2D eigenvalue weighted by molar-refractivity contribution is -0.149. The van der Waals surface area contributed by atoms with Crippen LogP contribution < -0.4 is 0 Å². The number of hydrogen-bond acceptors (Lipinski definition) is 2. The van der Waals surface area contributed by atoms with E-state index in [1.807, 2.05) is 0 Å². The fraction of sp³-hybridized carbons (Fsp3) is 0.571. The molecule has 0 aliphatic heterocycles. The number of aliphatic hydroxyl groups excluding tert-OH is 1. The summed E-state index contributed by atoms with van der Waals surface area (Å²) in [6, 6.07) is 0. The molecular weight excluding hydrogens is 132 g/mol. The average molecular weight is 144 g/mol. The molecule has 3 nitrogen and oxygen atoms in total. The van der Waals surface area contributed by atoms with E-state index in [2.05, 4.69) is 6.58 Å². The highest BCUT2D eigenvalue weighted by Gasteiger charge is 2.19. The van der Waals surface area contributed by atoms with E-state index in [9.17, 15) is 4.79 Å². The van der Waals surface area contributed by atoms with Gasteiger partial charge in [-0.25, -0.2) is 4.79 Å². The van der Waals surface area contributed by atoms with Gasteiger partial charge in [0.1, 0.15) is 0 Å². The van der Waals surface area contributed by atoms with Crippen LogP contribution in [0.5, 0.6) is 0 Å². The van der Waals surface area contributed by atoms with Crippen LogP contribution in [-0.4, -0.2) is 22.3 Å². The number of hydrogen-bond donors (Lipinski definition) is 2. The van der Waals surface area contributed by atoms with Gasteiger partial charge in [-0.05, 0) is 12.3 Å². The van der Waals surface area contributed by atoms with Gasteiger partial charge in [-0.3, -0.25) is 0 Å². The van der Waals surface area contributed by atoms with E-state index in [0.29, 0.717) is 6.42 Å². The standard InChI is InChI=1S/C7H12O3/c1-3-4-5(2)6(8)7(9)10/h3,5-6,8H,1,4H2,2H3,(H,9,10). The fourth-order valence-electron chi connectivity index (χ4n) is 0.635. The Kier molecular flexibility index (Phi) is 3.72. The first-order valence-electron chi connectivity index (χ1n) is 3.11. The Bertz CT molecular complexity index is 131. The molecule has 0 spiro atoms. The van der Waals surface area contributed by atoms with Crippen LogP contribution in [0.4, 0.5) is 0 Å². The first kappa shape index (κ1) is 9.17. The van der Waals surface area contributed by atoms with E-state index in [0.717, 1.165) is 0 Å². The summed E-state index contributed by atoms with van der Waals surface area (Å²) in [5.41, 5.74) is 0. The summed E-state index contributed by atoms with van der Waals surface area (Å²) >= 11 is 0. The van der Waals surface area contributed by atoms with Crippen LogP contribution in [0.1, 0.15) is 13.3 Å². The summed E-state index contributed by atoms with van der Waals surface area (Å²) in [6.45, 7) is 5.11. The van der Waals surface area contributed by atoms with Gasteiger partial charge in [-0.1, -0.05) is 13.0 Å². The third-order valence-corrected chi connectivity index (χ3v) is 1.33. The third kappa shape index (κ3) is 2.64. The van der Waals surface area contributed by atoms with Crippen LogP contribution >= 0.6 is 0 Å². The molecule has 3 heteroatoms. The van der Waals surface area contributed by atoms with Crippen molar-refractivity contribution in [1.29, 1.82) is 0 Å². The smallest absolute Gasteiger partial charge is 0.332 e. The van der Waals surface area contributed by atoms with Gasteiger partial charge >= 0.3 is 5.97 Å². The maximum absolute atomic E-state index is 10.1. The molecule has 0 rings (SSSR count). The van der Waals surface area contributed by atoms with Gasteiger partial charge in [0.25, 0.3) is 0 Å². The van der Waals surface area contributed by atoms with Gasteiger partial charge in [-0.2, -0.15) is 0 Å². The van der Waals surface area contributed by atoms with Crippen LogP contribution in [-0.2, 0) is 4.79 Å². The number of aliphatic carboxylic acids is 1. The molecule has 0 saturated carbocycles. The zero-order valence-electron chi connectivity index (χ0n) is 5.95. The molecule has 2 unspecified atom stereocenters. The lowest BCUT2D eigenvalue weighted by atomic mass is 10.0. The summed E-state index contributed by atoms with van der Waals surface area (Å²) in [7, 11) is 0. The van der Waals surface area contributed by atoms with Crippen LogP contribution in [0.3, 0.4) is 0 Å². The molecule has 2 atom stereocenters. The van der Waals surface area contributed by atoms with E-state index in [1.165, 1.54) is 0 Å². The molecule has 0 bridgehead atoms. The van der Waals surface area contributed by atoms with E-state index in [-0.39, 0.29) is 5.92 Å². The monoisotopic (exact) mass is 144 g/mol. The Hall–Kier alpha value is -0.830. The Morgan fingerprint density at radius 1 is 1.80 bits per heavy atom. The highest BCUT2D eigenvalue weighted by molar-refractivity contribution is 5.72. The lowest BCUT2D eigenvalue weighted by Crippen LogP contribution is -2.26. The molecular formula is C7H12O3. The van der Waals surface area contributed by atoms with Crippen molar-refractivity contribution in [3.63, 3.8) is 0 Å². The van der Waals surface area contributed by atoms with E-state index in [1.54, 1.807) is 13.0 Å². The van der Waals surface area contributed by atoms with Crippen LogP contribution in [0, 0.1) is 5.92 Å². The molecule has 0 radical (unpaired) electrons. The summed E-state index contributed by atoms with van der Waals surface area (Å²) in [4.78, 5) is 10.1. The van der Waals surface area contributed by atoms with Gasteiger partial charge in [0.2, 0.25) is 0 Å². The van der Waals surface area contributed by atoms with Crippen molar-refractivity contribution in [3.8, 4) is 0 Å². The molecule has 10 heavy (non-hydrogen) atoms. The van der Waals surface area contributed by atoms with Gasteiger partial charge in [0, 0.05) is 0 Å². The van der Waals surface area contributed by atoms with Crippen molar-refractivity contribution in [2.45, 2.75) is 19.4 Å². The summed E-state index contributed by atoms with van der Waals surface area (Å²) in [5, 5.41) is 17.2. The minimum atomic E-state index is -1.27. The van der Waals surface area contributed by atoms with Gasteiger partial charge in [-0.15, -0.1) is 6.58 Å². The quantitative estimate of drug-likeness (QED) is 0.569. The molecule has 0 aromatic rings. The molecule has 0 saturated heterocycles. The lowest BCUT2D eigenvalue weighted by Gasteiger charge is -2.11. The number of carbonyl (C=O) groups is 1. The fourth-order valence-corrected chi connectivity index (χ4v) is 0.635. The molecule has 0 aromatic carbocycles. The van der Waals surface area contributed by atoms with Gasteiger partial charge in [0.15, 0.2) is 6.10 Å². The van der Waals surface area contributed by atoms with Crippen LogP contribution in [0.15, 0.2) is 12.7 Å². The molecule has 0 aromatic heterocycles.